The molecule has 0 aromatic rings. The van der Waals surface area contributed by atoms with Crippen molar-refractivity contribution in [2.45, 2.75) is 85.5 Å². The minimum absolute atomic E-state index is 0.0490. The SMILES string of the molecule is CC12CCC3C(CCC4CNCCCC43C)C1CCC2=O.CCC. The third-order valence-electron chi connectivity index (χ3n) is 8.23. The quantitative estimate of drug-likeness (QED) is 0.659. The van der Waals surface area contributed by atoms with Crippen LogP contribution in [0, 0.1) is 34.5 Å². The van der Waals surface area contributed by atoms with Crippen molar-refractivity contribution in [3.63, 3.8) is 0 Å². The first-order chi connectivity index (χ1) is 11.5. The summed E-state index contributed by atoms with van der Waals surface area (Å²) in [5, 5.41) is 3.67. The number of fused-ring (bicyclic) bond motifs is 5. The van der Waals surface area contributed by atoms with Crippen LogP contribution in [0.25, 0.3) is 0 Å². The Labute approximate surface area is 149 Å². The Bertz CT molecular complexity index is 461. The van der Waals surface area contributed by atoms with Crippen LogP contribution in [-0.4, -0.2) is 18.9 Å². The third kappa shape index (κ3) is 2.87. The molecule has 0 aromatic carbocycles. The second-order valence-electron chi connectivity index (χ2n) is 9.59. The van der Waals surface area contributed by atoms with Crippen molar-refractivity contribution >= 4 is 5.78 Å². The Hall–Kier alpha value is -0.370. The monoisotopic (exact) mass is 333 g/mol. The molecule has 4 rings (SSSR count). The van der Waals surface area contributed by atoms with Gasteiger partial charge in [-0.1, -0.05) is 34.1 Å². The summed E-state index contributed by atoms with van der Waals surface area (Å²) in [6.07, 6.45) is 11.3. The molecule has 24 heavy (non-hydrogen) atoms. The van der Waals surface area contributed by atoms with Gasteiger partial charge in [0.05, 0.1) is 0 Å². The van der Waals surface area contributed by atoms with Crippen molar-refractivity contribution in [3.8, 4) is 0 Å². The molecule has 0 amide bonds. The van der Waals surface area contributed by atoms with E-state index in [1.165, 1.54) is 64.5 Å². The number of hydrogen-bond acceptors (Lipinski definition) is 2. The minimum Gasteiger partial charge on any atom is -0.316 e. The van der Waals surface area contributed by atoms with E-state index in [1.54, 1.807) is 0 Å². The molecule has 0 bridgehead atoms. The van der Waals surface area contributed by atoms with Crippen LogP contribution in [0.15, 0.2) is 0 Å². The normalized spacial score (nSPS) is 47.6. The molecule has 138 valence electrons. The molecule has 1 aliphatic heterocycles. The number of nitrogens with one attached hydrogen (secondary N) is 1. The van der Waals surface area contributed by atoms with Crippen LogP contribution in [0.5, 0.6) is 0 Å². The van der Waals surface area contributed by atoms with Crippen LogP contribution >= 0.6 is 0 Å². The summed E-state index contributed by atoms with van der Waals surface area (Å²) in [6, 6.07) is 0. The first-order valence-corrected chi connectivity index (χ1v) is 10.7. The van der Waals surface area contributed by atoms with Crippen molar-refractivity contribution in [2.75, 3.05) is 13.1 Å². The van der Waals surface area contributed by atoms with E-state index >= 15 is 0 Å². The number of carbonyl (C=O) groups is 1. The summed E-state index contributed by atoms with van der Waals surface area (Å²) in [6.45, 7) is 11.6. The van der Waals surface area contributed by atoms with Crippen LogP contribution < -0.4 is 5.32 Å². The molecule has 3 saturated carbocycles. The predicted molar refractivity (Wildman–Crippen MR) is 101 cm³/mol. The van der Waals surface area contributed by atoms with Gasteiger partial charge in [-0.2, -0.15) is 0 Å². The van der Waals surface area contributed by atoms with Gasteiger partial charge in [0.25, 0.3) is 0 Å². The number of rotatable bonds is 0. The van der Waals surface area contributed by atoms with Gasteiger partial charge in [0.2, 0.25) is 0 Å². The second-order valence-corrected chi connectivity index (χ2v) is 9.59. The van der Waals surface area contributed by atoms with Crippen LogP contribution in [-0.2, 0) is 4.79 Å². The van der Waals surface area contributed by atoms with E-state index in [0.29, 0.717) is 17.1 Å². The summed E-state index contributed by atoms with van der Waals surface area (Å²) in [4.78, 5) is 12.4. The summed E-state index contributed by atoms with van der Waals surface area (Å²) in [5.41, 5.74) is 0.590. The molecule has 0 aromatic heterocycles. The van der Waals surface area contributed by atoms with Gasteiger partial charge in [0.1, 0.15) is 5.78 Å². The van der Waals surface area contributed by atoms with Gasteiger partial charge >= 0.3 is 0 Å². The highest BCUT2D eigenvalue weighted by molar-refractivity contribution is 5.87. The average molecular weight is 334 g/mol. The molecule has 4 aliphatic rings. The Morgan fingerprint density at radius 2 is 1.79 bits per heavy atom. The van der Waals surface area contributed by atoms with E-state index in [9.17, 15) is 4.79 Å². The Morgan fingerprint density at radius 3 is 2.54 bits per heavy atom. The molecule has 3 aliphatic carbocycles. The Morgan fingerprint density at radius 1 is 1.04 bits per heavy atom. The van der Waals surface area contributed by atoms with E-state index in [2.05, 4.69) is 33.0 Å². The lowest BCUT2D eigenvalue weighted by molar-refractivity contribution is -0.136. The van der Waals surface area contributed by atoms with Gasteiger partial charge in [0.15, 0.2) is 0 Å². The van der Waals surface area contributed by atoms with Crippen molar-refractivity contribution < 1.29 is 4.79 Å². The number of Topliss-reactive ketones (excluding diaryl/α,β-unsaturated/α-hetero) is 1. The first kappa shape index (κ1) is 18.4. The fourth-order valence-corrected chi connectivity index (χ4v) is 6.90. The number of hydrogen-bond donors (Lipinski definition) is 1. The standard InChI is InChI=1S/C19H31NO.C3H8/c1-18-9-3-11-20-12-13(18)4-5-14-15-6-7-17(21)19(15,2)10-8-16(14)18;1-3-2/h13-16,20H,3-12H2,1-2H3;3H2,1-2H3. The molecule has 4 fully saturated rings. The van der Waals surface area contributed by atoms with Crippen molar-refractivity contribution in [1.29, 1.82) is 0 Å². The molecule has 2 nitrogen and oxygen atoms in total. The second kappa shape index (κ2) is 7.09. The van der Waals surface area contributed by atoms with Gasteiger partial charge in [-0.15, -0.1) is 0 Å². The lowest BCUT2D eigenvalue weighted by Crippen LogP contribution is -2.52. The lowest BCUT2D eigenvalue weighted by atomic mass is 9.47. The summed E-state index contributed by atoms with van der Waals surface area (Å²) in [7, 11) is 0. The molecule has 1 heterocycles. The maximum Gasteiger partial charge on any atom is 0.139 e. The molecular formula is C22H39NO. The van der Waals surface area contributed by atoms with E-state index < -0.39 is 0 Å². The van der Waals surface area contributed by atoms with Crippen LogP contribution in [0.4, 0.5) is 0 Å². The predicted octanol–water partition coefficient (Wildman–Crippen LogP) is 5.21. The maximum atomic E-state index is 12.4. The third-order valence-corrected chi connectivity index (χ3v) is 8.23. The van der Waals surface area contributed by atoms with Crippen molar-refractivity contribution in [1.82, 2.24) is 5.32 Å². The molecule has 0 spiro atoms. The maximum absolute atomic E-state index is 12.4. The van der Waals surface area contributed by atoms with E-state index in [4.69, 9.17) is 0 Å². The molecular weight excluding hydrogens is 294 g/mol. The summed E-state index contributed by atoms with van der Waals surface area (Å²) < 4.78 is 0. The fraction of sp³-hybridized carbons (Fsp3) is 0.955. The average Bonchev–Trinajstić information content (AvgIpc) is 2.73. The highest BCUT2D eigenvalue weighted by atomic mass is 16.1. The molecule has 6 atom stereocenters. The Kier molecular flexibility index (Phi) is 5.45. The van der Waals surface area contributed by atoms with Gasteiger partial charge in [0, 0.05) is 11.8 Å². The number of ketones is 1. The summed E-state index contributed by atoms with van der Waals surface area (Å²) >= 11 is 0. The smallest absolute Gasteiger partial charge is 0.139 e. The fourth-order valence-electron chi connectivity index (χ4n) is 6.90. The van der Waals surface area contributed by atoms with E-state index in [1.807, 2.05) is 0 Å². The number of carbonyl (C=O) groups excluding carboxylic acids is 1. The van der Waals surface area contributed by atoms with Gasteiger partial charge in [-0.25, -0.2) is 0 Å². The van der Waals surface area contributed by atoms with E-state index in [0.717, 1.165) is 24.2 Å². The molecule has 1 saturated heterocycles. The van der Waals surface area contributed by atoms with Crippen molar-refractivity contribution in [2.24, 2.45) is 34.5 Å². The topological polar surface area (TPSA) is 29.1 Å². The molecule has 1 N–H and O–H groups in total. The lowest BCUT2D eigenvalue weighted by Gasteiger charge is -2.57. The molecule has 0 radical (unpaired) electrons. The summed E-state index contributed by atoms with van der Waals surface area (Å²) in [5.74, 6) is 3.90. The highest BCUT2D eigenvalue weighted by Crippen LogP contribution is 2.63. The van der Waals surface area contributed by atoms with Crippen LogP contribution in [0.3, 0.4) is 0 Å². The van der Waals surface area contributed by atoms with Crippen LogP contribution in [0.2, 0.25) is 0 Å². The van der Waals surface area contributed by atoms with E-state index in [-0.39, 0.29) is 5.41 Å². The first-order valence-electron chi connectivity index (χ1n) is 10.7. The van der Waals surface area contributed by atoms with Gasteiger partial charge in [-0.05, 0) is 87.1 Å². The zero-order valence-corrected chi connectivity index (χ0v) is 16.5. The van der Waals surface area contributed by atoms with Crippen LogP contribution in [0.1, 0.15) is 85.5 Å². The minimum atomic E-state index is 0.0490. The highest BCUT2D eigenvalue weighted by Gasteiger charge is 2.59. The Balaban J connectivity index is 0.000000526. The van der Waals surface area contributed by atoms with Crippen molar-refractivity contribution in [3.05, 3.63) is 0 Å². The zero-order chi connectivity index (χ0) is 17.4. The molecule has 6 unspecified atom stereocenters. The zero-order valence-electron chi connectivity index (χ0n) is 16.5. The van der Waals surface area contributed by atoms with Gasteiger partial charge < -0.3 is 5.32 Å². The largest absolute Gasteiger partial charge is 0.316 e. The van der Waals surface area contributed by atoms with Gasteiger partial charge in [-0.3, -0.25) is 4.79 Å². The molecule has 2 heteroatoms.